The zero-order valence-electron chi connectivity index (χ0n) is 12.1. The Morgan fingerprint density at radius 1 is 1.26 bits per heavy atom. The van der Waals surface area contributed by atoms with E-state index < -0.39 is 0 Å². The first-order valence-corrected chi connectivity index (χ1v) is 9.19. The van der Waals surface area contributed by atoms with E-state index in [9.17, 15) is 4.79 Å². The van der Waals surface area contributed by atoms with Crippen LogP contribution in [0.2, 0.25) is 10.0 Å². The Bertz CT molecular complexity index is 830. The van der Waals surface area contributed by atoms with Crippen molar-refractivity contribution < 1.29 is 4.79 Å². The van der Waals surface area contributed by atoms with Gasteiger partial charge in [-0.25, -0.2) is 4.98 Å². The Morgan fingerprint density at radius 3 is 2.83 bits per heavy atom. The van der Waals surface area contributed by atoms with Crippen LogP contribution < -0.4 is 0 Å². The molecule has 7 heteroatoms. The number of nitrogens with zero attached hydrogens (tertiary/aromatic N) is 2. The highest BCUT2D eigenvalue weighted by atomic mass is 35.5. The Hall–Kier alpha value is -1.40. The lowest BCUT2D eigenvalue weighted by atomic mass is 10.2. The topological polar surface area (TPSA) is 33.2 Å². The minimum Gasteiger partial charge on any atom is -0.337 e. The second-order valence-electron chi connectivity index (χ2n) is 4.88. The van der Waals surface area contributed by atoms with Crippen LogP contribution in [0.5, 0.6) is 0 Å². The number of thiophene rings is 1. The molecule has 118 valence electrons. The third-order valence-corrected chi connectivity index (χ3v) is 6.12. The summed E-state index contributed by atoms with van der Waals surface area (Å²) >= 11 is 15.2. The van der Waals surface area contributed by atoms with Gasteiger partial charge in [0.2, 0.25) is 0 Å². The number of rotatable bonds is 4. The number of halogens is 2. The van der Waals surface area contributed by atoms with E-state index in [2.05, 4.69) is 4.98 Å². The second-order valence-corrected chi connectivity index (χ2v) is 7.64. The van der Waals surface area contributed by atoms with Crippen LogP contribution in [0.15, 0.2) is 41.9 Å². The molecule has 0 saturated heterocycles. The highest BCUT2D eigenvalue weighted by Crippen LogP contribution is 2.30. The minimum absolute atomic E-state index is 0.0821. The summed E-state index contributed by atoms with van der Waals surface area (Å²) in [5.74, 6) is -0.0821. The number of carbonyl (C=O) groups excluding carboxylic acids is 1. The van der Waals surface area contributed by atoms with Gasteiger partial charge < -0.3 is 4.90 Å². The van der Waals surface area contributed by atoms with Gasteiger partial charge in [-0.1, -0.05) is 41.4 Å². The van der Waals surface area contributed by atoms with Crippen LogP contribution in [0.4, 0.5) is 0 Å². The van der Waals surface area contributed by atoms with Crippen molar-refractivity contribution in [3.63, 3.8) is 0 Å². The van der Waals surface area contributed by atoms with Crippen molar-refractivity contribution in [3.05, 3.63) is 62.4 Å². The molecule has 23 heavy (non-hydrogen) atoms. The van der Waals surface area contributed by atoms with Gasteiger partial charge >= 0.3 is 0 Å². The Morgan fingerprint density at radius 2 is 2.09 bits per heavy atom. The zero-order valence-corrected chi connectivity index (χ0v) is 15.3. The summed E-state index contributed by atoms with van der Waals surface area (Å²) in [5, 5.41) is 3.82. The fraction of sp³-hybridized carbons (Fsp3) is 0.125. The van der Waals surface area contributed by atoms with Gasteiger partial charge in [0.15, 0.2) is 0 Å². The third-order valence-electron chi connectivity index (χ3n) is 3.23. The number of amides is 1. The number of carbonyl (C=O) groups is 1. The molecular formula is C16H12Cl2N2OS2. The zero-order chi connectivity index (χ0) is 16.4. The molecule has 0 N–H and O–H groups in total. The van der Waals surface area contributed by atoms with Gasteiger partial charge in [-0.2, -0.15) is 0 Å². The standard InChI is InChI=1S/C16H12Cl2N2OS2/c1-20(9-10-4-2-5-11(17)14(10)18)16(21)13-8-19-15(23-13)12-6-3-7-22-12/h2-8H,9H2,1H3. The highest BCUT2D eigenvalue weighted by molar-refractivity contribution is 7.21. The van der Waals surface area contributed by atoms with E-state index >= 15 is 0 Å². The molecule has 2 heterocycles. The fourth-order valence-electron chi connectivity index (χ4n) is 2.07. The lowest BCUT2D eigenvalue weighted by Crippen LogP contribution is -2.25. The molecule has 0 aliphatic carbocycles. The summed E-state index contributed by atoms with van der Waals surface area (Å²) < 4.78 is 0. The smallest absolute Gasteiger partial charge is 0.265 e. The molecule has 3 aromatic rings. The number of hydrogen-bond acceptors (Lipinski definition) is 4. The van der Waals surface area contributed by atoms with Crippen LogP contribution in [0.25, 0.3) is 9.88 Å². The normalized spacial score (nSPS) is 10.7. The summed E-state index contributed by atoms with van der Waals surface area (Å²) in [4.78, 5) is 20.2. The molecule has 0 spiro atoms. The van der Waals surface area contributed by atoms with Crippen molar-refractivity contribution in [2.75, 3.05) is 7.05 Å². The van der Waals surface area contributed by atoms with Crippen LogP contribution >= 0.6 is 45.9 Å². The van der Waals surface area contributed by atoms with Crippen molar-refractivity contribution in [1.29, 1.82) is 0 Å². The SMILES string of the molecule is CN(Cc1cccc(Cl)c1Cl)C(=O)c1cnc(-c2cccs2)s1. The van der Waals surface area contributed by atoms with Crippen LogP contribution in [0, 0.1) is 0 Å². The summed E-state index contributed by atoms with van der Waals surface area (Å²) in [6, 6.07) is 9.38. The molecule has 1 amide bonds. The van der Waals surface area contributed by atoms with Gasteiger partial charge in [-0.15, -0.1) is 22.7 Å². The molecule has 2 aromatic heterocycles. The Kier molecular flexibility index (Phi) is 5.02. The predicted molar refractivity (Wildman–Crippen MR) is 97.7 cm³/mol. The van der Waals surface area contributed by atoms with Gasteiger partial charge in [0, 0.05) is 13.6 Å². The average Bonchev–Trinajstić information content (AvgIpc) is 3.21. The van der Waals surface area contributed by atoms with E-state index in [4.69, 9.17) is 23.2 Å². The molecule has 0 aliphatic heterocycles. The van der Waals surface area contributed by atoms with Crippen LogP contribution in [-0.2, 0) is 6.54 Å². The molecule has 0 fully saturated rings. The molecular weight excluding hydrogens is 371 g/mol. The van der Waals surface area contributed by atoms with Gasteiger partial charge in [-0.05, 0) is 23.1 Å². The van der Waals surface area contributed by atoms with Gasteiger partial charge in [0.25, 0.3) is 5.91 Å². The maximum absolute atomic E-state index is 12.6. The van der Waals surface area contributed by atoms with E-state index in [1.165, 1.54) is 11.3 Å². The number of thiazole rings is 1. The summed E-state index contributed by atoms with van der Waals surface area (Å²) in [5.41, 5.74) is 0.818. The lowest BCUT2D eigenvalue weighted by molar-refractivity contribution is 0.0789. The van der Waals surface area contributed by atoms with E-state index in [1.807, 2.05) is 29.6 Å². The van der Waals surface area contributed by atoms with Crippen molar-refractivity contribution in [3.8, 4) is 9.88 Å². The van der Waals surface area contributed by atoms with E-state index in [0.717, 1.165) is 15.4 Å². The molecule has 0 bridgehead atoms. The quantitative estimate of drug-likeness (QED) is 0.600. The van der Waals surface area contributed by atoms with Crippen molar-refractivity contribution >= 4 is 51.8 Å². The first kappa shape index (κ1) is 16.5. The first-order chi connectivity index (χ1) is 11.1. The third kappa shape index (κ3) is 3.58. The number of hydrogen-bond donors (Lipinski definition) is 0. The first-order valence-electron chi connectivity index (χ1n) is 6.74. The fourth-order valence-corrected chi connectivity index (χ4v) is 4.17. The average molecular weight is 383 g/mol. The van der Waals surface area contributed by atoms with Gasteiger partial charge in [-0.3, -0.25) is 4.79 Å². The van der Waals surface area contributed by atoms with Gasteiger partial charge in [0.05, 0.1) is 21.1 Å². The van der Waals surface area contributed by atoms with Crippen LogP contribution in [0.3, 0.4) is 0 Å². The molecule has 0 radical (unpaired) electrons. The summed E-state index contributed by atoms with van der Waals surface area (Å²) in [7, 11) is 1.74. The summed E-state index contributed by atoms with van der Waals surface area (Å²) in [6.07, 6.45) is 1.62. The van der Waals surface area contributed by atoms with E-state index in [1.54, 1.807) is 35.5 Å². The maximum atomic E-state index is 12.6. The Labute approximate surface area is 152 Å². The maximum Gasteiger partial charge on any atom is 0.265 e. The lowest BCUT2D eigenvalue weighted by Gasteiger charge is -2.17. The Balaban J connectivity index is 1.76. The van der Waals surface area contributed by atoms with E-state index in [0.29, 0.717) is 21.5 Å². The van der Waals surface area contributed by atoms with Crippen LogP contribution in [-0.4, -0.2) is 22.8 Å². The highest BCUT2D eigenvalue weighted by Gasteiger charge is 2.17. The number of benzene rings is 1. The second kappa shape index (κ2) is 7.01. The van der Waals surface area contributed by atoms with Crippen molar-refractivity contribution in [1.82, 2.24) is 9.88 Å². The number of aromatic nitrogens is 1. The largest absolute Gasteiger partial charge is 0.337 e. The molecule has 0 saturated carbocycles. The monoisotopic (exact) mass is 382 g/mol. The molecule has 0 unspecified atom stereocenters. The van der Waals surface area contributed by atoms with Gasteiger partial charge in [0.1, 0.15) is 9.88 Å². The molecule has 1 aromatic carbocycles. The molecule has 3 nitrogen and oxygen atoms in total. The van der Waals surface area contributed by atoms with Crippen LogP contribution in [0.1, 0.15) is 15.2 Å². The molecule has 0 atom stereocenters. The summed E-state index contributed by atoms with van der Waals surface area (Å²) in [6.45, 7) is 0.393. The van der Waals surface area contributed by atoms with Crippen molar-refractivity contribution in [2.24, 2.45) is 0 Å². The van der Waals surface area contributed by atoms with E-state index in [-0.39, 0.29) is 5.91 Å². The molecule has 0 aliphatic rings. The van der Waals surface area contributed by atoms with Crippen molar-refractivity contribution in [2.45, 2.75) is 6.54 Å². The predicted octanol–water partition coefficient (Wildman–Crippen LogP) is 5.45. The minimum atomic E-state index is -0.0821. The molecule has 3 rings (SSSR count).